The molecule has 1 aromatic carbocycles. The van der Waals surface area contributed by atoms with Crippen molar-refractivity contribution >= 4 is 6.09 Å². The quantitative estimate of drug-likeness (QED) is 0.869. The molecule has 1 aliphatic heterocycles. The van der Waals surface area contributed by atoms with Gasteiger partial charge in [-0.3, -0.25) is 0 Å². The van der Waals surface area contributed by atoms with Crippen LogP contribution in [-0.2, 0) is 17.9 Å². The minimum Gasteiger partial charge on any atom is -0.443 e. The average molecular weight is 318 g/mol. The lowest BCUT2D eigenvalue weighted by molar-refractivity contribution is 0.0884. The molecule has 0 unspecified atom stereocenters. The van der Waals surface area contributed by atoms with E-state index in [4.69, 9.17) is 4.74 Å². The van der Waals surface area contributed by atoms with Crippen molar-refractivity contribution in [2.45, 2.75) is 32.4 Å². The van der Waals surface area contributed by atoms with Crippen molar-refractivity contribution in [1.82, 2.24) is 19.9 Å². The van der Waals surface area contributed by atoms with Gasteiger partial charge in [0.05, 0.1) is 12.7 Å². The number of hydrogen-bond donors (Lipinski definition) is 0. The van der Waals surface area contributed by atoms with Gasteiger partial charge in [-0.25, -0.2) is 13.9 Å². The number of halogens is 1. The smallest absolute Gasteiger partial charge is 0.410 e. The second-order valence-corrected chi connectivity index (χ2v) is 5.64. The number of hydrogen-bond acceptors (Lipinski definition) is 4. The number of amides is 1. The molecule has 0 aliphatic carbocycles. The fourth-order valence-corrected chi connectivity index (χ4v) is 2.61. The maximum Gasteiger partial charge on any atom is 0.410 e. The van der Waals surface area contributed by atoms with Crippen LogP contribution in [0.3, 0.4) is 0 Å². The Morgan fingerprint density at radius 3 is 2.87 bits per heavy atom. The zero-order valence-corrected chi connectivity index (χ0v) is 12.8. The summed E-state index contributed by atoms with van der Waals surface area (Å²) >= 11 is 0. The highest BCUT2D eigenvalue weighted by Crippen LogP contribution is 2.11. The van der Waals surface area contributed by atoms with Crippen LogP contribution in [0.1, 0.15) is 30.5 Å². The normalized spacial score (nSPS) is 14.7. The number of likely N-dealkylation sites (tertiary alicyclic amines) is 1. The highest BCUT2D eigenvalue weighted by Gasteiger charge is 2.18. The van der Waals surface area contributed by atoms with E-state index < -0.39 is 0 Å². The van der Waals surface area contributed by atoms with Gasteiger partial charge in [0, 0.05) is 13.1 Å². The van der Waals surface area contributed by atoms with Crippen LogP contribution >= 0.6 is 0 Å². The molecule has 3 rings (SSSR count). The summed E-state index contributed by atoms with van der Waals surface area (Å²) in [5, 5.41) is 7.95. The second kappa shape index (κ2) is 7.21. The molecule has 1 amide bonds. The van der Waals surface area contributed by atoms with Gasteiger partial charge in [0.25, 0.3) is 0 Å². The standard InChI is InChI=1S/C16H19FN4O2/c17-14-6-4-5-13(9-14)10-21-11-15(18-19-21)12-23-16(22)20-7-2-1-3-8-20/h4-6,9,11H,1-3,7-8,10,12H2. The van der Waals surface area contributed by atoms with Gasteiger partial charge in [-0.05, 0) is 37.0 Å². The van der Waals surface area contributed by atoms with Crippen molar-refractivity contribution < 1.29 is 13.9 Å². The van der Waals surface area contributed by atoms with Crippen LogP contribution < -0.4 is 0 Å². The summed E-state index contributed by atoms with van der Waals surface area (Å²) in [5.41, 5.74) is 1.37. The van der Waals surface area contributed by atoms with Gasteiger partial charge >= 0.3 is 6.09 Å². The Bertz CT molecular complexity index is 668. The molecule has 1 aromatic heterocycles. The molecular formula is C16H19FN4O2. The Balaban J connectivity index is 1.52. The first kappa shape index (κ1) is 15.5. The lowest BCUT2D eigenvalue weighted by Gasteiger charge is -2.25. The molecule has 7 heteroatoms. The van der Waals surface area contributed by atoms with Crippen LogP contribution in [0.4, 0.5) is 9.18 Å². The molecule has 0 atom stereocenters. The number of piperidine rings is 1. The Morgan fingerprint density at radius 2 is 2.09 bits per heavy atom. The SMILES string of the molecule is O=C(OCc1cn(Cc2cccc(F)c2)nn1)N1CCCCC1. The highest BCUT2D eigenvalue weighted by molar-refractivity contribution is 5.67. The number of carbonyl (C=O) groups is 1. The maximum atomic E-state index is 13.2. The van der Waals surface area contributed by atoms with Crippen LogP contribution in [0.5, 0.6) is 0 Å². The molecule has 0 spiro atoms. The first-order valence-corrected chi connectivity index (χ1v) is 7.76. The molecule has 0 N–H and O–H groups in total. The van der Waals surface area contributed by atoms with Gasteiger partial charge in [-0.2, -0.15) is 0 Å². The van der Waals surface area contributed by atoms with Crippen LogP contribution in [0.2, 0.25) is 0 Å². The summed E-state index contributed by atoms with van der Waals surface area (Å²) in [6.45, 7) is 2.03. The van der Waals surface area contributed by atoms with Crippen molar-refractivity contribution in [2.75, 3.05) is 13.1 Å². The van der Waals surface area contributed by atoms with Crippen LogP contribution in [-0.4, -0.2) is 39.1 Å². The van der Waals surface area contributed by atoms with E-state index in [0.717, 1.165) is 37.9 Å². The zero-order chi connectivity index (χ0) is 16.1. The molecule has 2 aromatic rings. The Hall–Kier alpha value is -2.44. The third-order valence-electron chi connectivity index (χ3n) is 3.78. The van der Waals surface area contributed by atoms with E-state index in [1.807, 2.05) is 6.07 Å². The van der Waals surface area contributed by atoms with Crippen LogP contribution in [0.15, 0.2) is 30.5 Å². The van der Waals surface area contributed by atoms with Gasteiger partial charge in [0.15, 0.2) is 0 Å². The van der Waals surface area contributed by atoms with Crippen LogP contribution in [0.25, 0.3) is 0 Å². The van der Waals surface area contributed by atoms with E-state index in [1.54, 1.807) is 21.8 Å². The molecule has 6 nitrogen and oxygen atoms in total. The van der Waals surface area contributed by atoms with Gasteiger partial charge in [-0.1, -0.05) is 17.3 Å². The van der Waals surface area contributed by atoms with Gasteiger partial charge in [0.1, 0.15) is 18.1 Å². The first-order chi connectivity index (χ1) is 11.2. The maximum absolute atomic E-state index is 13.2. The van der Waals surface area contributed by atoms with E-state index >= 15 is 0 Å². The first-order valence-electron chi connectivity index (χ1n) is 7.76. The molecule has 0 radical (unpaired) electrons. The summed E-state index contributed by atoms with van der Waals surface area (Å²) in [5.74, 6) is -0.279. The van der Waals surface area contributed by atoms with Crippen molar-refractivity contribution in [3.63, 3.8) is 0 Å². The largest absolute Gasteiger partial charge is 0.443 e. The van der Waals surface area contributed by atoms with Crippen molar-refractivity contribution in [1.29, 1.82) is 0 Å². The monoisotopic (exact) mass is 318 g/mol. The molecule has 1 saturated heterocycles. The molecule has 2 heterocycles. The highest BCUT2D eigenvalue weighted by atomic mass is 19.1. The predicted octanol–water partition coefficient (Wildman–Crippen LogP) is 2.59. The van der Waals surface area contributed by atoms with E-state index in [-0.39, 0.29) is 18.5 Å². The van der Waals surface area contributed by atoms with E-state index in [0.29, 0.717) is 12.2 Å². The van der Waals surface area contributed by atoms with E-state index in [1.165, 1.54) is 12.1 Å². The molecule has 122 valence electrons. The summed E-state index contributed by atoms with van der Waals surface area (Å²) in [4.78, 5) is 13.6. The fraction of sp³-hybridized carbons (Fsp3) is 0.438. The third-order valence-corrected chi connectivity index (χ3v) is 3.78. The second-order valence-electron chi connectivity index (χ2n) is 5.64. The number of carbonyl (C=O) groups excluding carboxylic acids is 1. The number of ether oxygens (including phenoxy) is 1. The van der Waals surface area contributed by atoms with Gasteiger partial charge < -0.3 is 9.64 Å². The number of rotatable bonds is 4. The van der Waals surface area contributed by atoms with Crippen molar-refractivity contribution in [3.05, 3.63) is 47.5 Å². The van der Waals surface area contributed by atoms with Gasteiger partial charge in [0.2, 0.25) is 0 Å². The molecule has 23 heavy (non-hydrogen) atoms. The minimum atomic E-state index is -0.301. The Morgan fingerprint density at radius 1 is 1.26 bits per heavy atom. The Labute approximate surface area is 133 Å². The molecule has 0 saturated carbocycles. The lowest BCUT2D eigenvalue weighted by Crippen LogP contribution is -2.35. The summed E-state index contributed by atoms with van der Waals surface area (Å²) in [6.07, 6.45) is 4.62. The minimum absolute atomic E-state index is 0.0957. The molecular weight excluding hydrogens is 299 g/mol. The fourth-order valence-electron chi connectivity index (χ4n) is 2.61. The number of aromatic nitrogens is 3. The van der Waals surface area contributed by atoms with Crippen molar-refractivity contribution in [3.8, 4) is 0 Å². The van der Waals surface area contributed by atoms with E-state index in [9.17, 15) is 9.18 Å². The molecule has 0 bridgehead atoms. The summed E-state index contributed by atoms with van der Waals surface area (Å²) in [6, 6.07) is 6.33. The third kappa shape index (κ3) is 4.28. The van der Waals surface area contributed by atoms with Crippen LogP contribution in [0, 0.1) is 5.82 Å². The van der Waals surface area contributed by atoms with E-state index in [2.05, 4.69) is 10.3 Å². The summed E-state index contributed by atoms with van der Waals surface area (Å²) < 4.78 is 20.0. The zero-order valence-electron chi connectivity index (χ0n) is 12.8. The van der Waals surface area contributed by atoms with Gasteiger partial charge in [-0.15, -0.1) is 5.10 Å². The topological polar surface area (TPSA) is 60.3 Å². The predicted molar refractivity (Wildman–Crippen MR) is 81.1 cm³/mol. The van der Waals surface area contributed by atoms with Crippen molar-refractivity contribution in [2.24, 2.45) is 0 Å². The Kier molecular flexibility index (Phi) is 4.85. The number of nitrogens with zero attached hydrogens (tertiary/aromatic N) is 4. The lowest BCUT2D eigenvalue weighted by atomic mass is 10.1. The molecule has 1 aliphatic rings. The average Bonchev–Trinajstić information content (AvgIpc) is 3.01. The number of benzene rings is 1. The summed E-state index contributed by atoms with van der Waals surface area (Å²) in [7, 11) is 0. The molecule has 1 fully saturated rings.